The molecule has 0 saturated heterocycles. The van der Waals surface area contributed by atoms with Gasteiger partial charge in [-0.1, -0.05) is 16.5 Å². The van der Waals surface area contributed by atoms with E-state index < -0.39 is 5.91 Å². The van der Waals surface area contributed by atoms with Crippen molar-refractivity contribution < 1.29 is 14.1 Å². The number of nitrogens with zero attached hydrogens (tertiary/aromatic N) is 3. The SMILES string of the molecule is CCOc1ccc2c(c1)sc(=NC(=O)c1ccno1)n2CC. The number of benzene rings is 1. The Kier molecular flexibility index (Phi) is 4.06. The van der Waals surface area contributed by atoms with Gasteiger partial charge in [-0.25, -0.2) is 0 Å². The average molecular weight is 317 g/mol. The lowest BCUT2D eigenvalue weighted by atomic mass is 10.3. The summed E-state index contributed by atoms with van der Waals surface area (Å²) in [5.74, 6) is 0.513. The van der Waals surface area contributed by atoms with E-state index in [1.165, 1.54) is 23.6 Å². The summed E-state index contributed by atoms with van der Waals surface area (Å²) < 4.78 is 13.4. The van der Waals surface area contributed by atoms with E-state index in [0.717, 1.165) is 22.5 Å². The van der Waals surface area contributed by atoms with Crippen LogP contribution in [0.15, 0.2) is 40.0 Å². The Balaban J connectivity index is 2.10. The predicted octanol–water partition coefficient (Wildman–Crippen LogP) is 2.85. The number of fused-ring (bicyclic) bond motifs is 1. The Morgan fingerprint density at radius 2 is 2.27 bits per heavy atom. The molecular formula is C15H15N3O3S. The monoisotopic (exact) mass is 317 g/mol. The van der Waals surface area contributed by atoms with E-state index in [2.05, 4.69) is 10.1 Å². The minimum absolute atomic E-state index is 0.134. The maximum Gasteiger partial charge on any atom is 0.318 e. The molecule has 114 valence electrons. The summed E-state index contributed by atoms with van der Waals surface area (Å²) in [6, 6.07) is 7.38. The third kappa shape index (κ3) is 2.67. The van der Waals surface area contributed by atoms with Crippen molar-refractivity contribution in [2.75, 3.05) is 6.61 Å². The van der Waals surface area contributed by atoms with Crippen LogP contribution < -0.4 is 9.54 Å². The third-order valence-electron chi connectivity index (χ3n) is 3.13. The van der Waals surface area contributed by atoms with Crippen LogP contribution in [0.3, 0.4) is 0 Å². The standard InChI is InChI=1S/C15H15N3O3S/c1-3-18-11-6-5-10(20-4-2)9-13(11)22-15(18)17-14(19)12-7-8-16-21-12/h5-9H,3-4H2,1-2H3. The van der Waals surface area contributed by atoms with Crippen molar-refractivity contribution in [3.63, 3.8) is 0 Å². The number of rotatable bonds is 4. The summed E-state index contributed by atoms with van der Waals surface area (Å²) >= 11 is 1.45. The van der Waals surface area contributed by atoms with Crippen LogP contribution >= 0.6 is 11.3 Å². The molecule has 0 fully saturated rings. The van der Waals surface area contributed by atoms with Crippen LogP contribution in [-0.4, -0.2) is 22.2 Å². The van der Waals surface area contributed by atoms with Crippen molar-refractivity contribution in [3.05, 3.63) is 41.0 Å². The number of hydrogen-bond acceptors (Lipinski definition) is 5. The largest absolute Gasteiger partial charge is 0.494 e. The molecule has 2 aromatic heterocycles. The highest BCUT2D eigenvalue weighted by molar-refractivity contribution is 7.16. The molecular weight excluding hydrogens is 302 g/mol. The minimum atomic E-state index is -0.434. The molecule has 0 spiro atoms. The lowest BCUT2D eigenvalue weighted by molar-refractivity contribution is 0.0962. The van der Waals surface area contributed by atoms with Gasteiger partial charge in [0.15, 0.2) is 4.80 Å². The van der Waals surface area contributed by atoms with Crippen molar-refractivity contribution in [2.45, 2.75) is 20.4 Å². The van der Waals surface area contributed by atoms with Crippen molar-refractivity contribution in [1.82, 2.24) is 9.72 Å². The first-order valence-corrected chi connectivity index (χ1v) is 7.80. The van der Waals surface area contributed by atoms with Crippen LogP contribution in [-0.2, 0) is 6.54 Å². The van der Waals surface area contributed by atoms with Crippen LogP contribution in [0.5, 0.6) is 5.75 Å². The van der Waals surface area contributed by atoms with Gasteiger partial charge in [0, 0.05) is 12.6 Å². The summed E-state index contributed by atoms with van der Waals surface area (Å²) in [6.45, 7) is 5.30. The normalized spacial score (nSPS) is 12.0. The molecule has 6 nitrogen and oxygen atoms in total. The molecule has 1 aromatic carbocycles. The Labute approximate surface area is 130 Å². The van der Waals surface area contributed by atoms with E-state index in [0.29, 0.717) is 11.4 Å². The highest BCUT2D eigenvalue weighted by Gasteiger charge is 2.11. The molecule has 3 rings (SSSR count). The highest BCUT2D eigenvalue weighted by atomic mass is 32.1. The topological polar surface area (TPSA) is 69.6 Å². The number of hydrogen-bond donors (Lipinski definition) is 0. The lowest BCUT2D eigenvalue weighted by Crippen LogP contribution is -2.15. The van der Waals surface area contributed by atoms with E-state index in [1.807, 2.05) is 36.6 Å². The van der Waals surface area contributed by atoms with Crippen molar-refractivity contribution in [1.29, 1.82) is 0 Å². The van der Waals surface area contributed by atoms with Gasteiger partial charge in [0.25, 0.3) is 0 Å². The van der Waals surface area contributed by atoms with E-state index in [9.17, 15) is 4.79 Å². The summed E-state index contributed by atoms with van der Waals surface area (Å²) in [5.41, 5.74) is 1.03. The van der Waals surface area contributed by atoms with Crippen LogP contribution in [0.25, 0.3) is 10.2 Å². The summed E-state index contributed by atoms with van der Waals surface area (Å²) in [7, 11) is 0. The van der Waals surface area contributed by atoms with Gasteiger partial charge in [0.1, 0.15) is 5.75 Å². The molecule has 0 saturated carbocycles. The Hall–Kier alpha value is -2.41. The van der Waals surface area contributed by atoms with Crippen LogP contribution in [0, 0.1) is 0 Å². The van der Waals surface area contributed by atoms with E-state index in [-0.39, 0.29) is 5.76 Å². The first-order chi connectivity index (χ1) is 10.7. The molecule has 7 heteroatoms. The van der Waals surface area contributed by atoms with Crippen LogP contribution in [0.4, 0.5) is 0 Å². The van der Waals surface area contributed by atoms with Crippen LogP contribution in [0.2, 0.25) is 0 Å². The number of aryl methyl sites for hydroxylation is 1. The maximum absolute atomic E-state index is 12.1. The van der Waals surface area contributed by atoms with Crippen molar-refractivity contribution in [3.8, 4) is 5.75 Å². The molecule has 0 radical (unpaired) electrons. The zero-order valence-corrected chi connectivity index (χ0v) is 13.1. The molecule has 0 N–H and O–H groups in total. The van der Waals surface area contributed by atoms with E-state index >= 15 is 0 Å². The van der Waals surface area contributed by atoms with Gasteiger partial charge < -0.3 is 13.8 Å². The predicted molar refractivity (Wildman–Crippen MR) is 83.1 cm³/mol. The highest BCUT2D eigenvalue weighted by Crippen LogP contribution is 2.23. The number of carbonyl (C=O) groups is 1. The van der Waals surface area contributed by atoms with E-state index in [4.69, 9.17) is 9.26 Å². The molecule has 0 aliphatic rings. The second-order valence-corrected chi connectivity index (χ2v) is 5.49. The van der Waals surface area contributed by atoms with Crippen LogP contribution in [0.1, 0.15) is 24.4 Å². The van der Waals surface area contributed by atoms with Gasteiger partial charge in [-0.3, -0.25) is 4.79 Å². The number of amides is 1. The number of carbonyl (C=O) groups excluding carboxylic acids is 1. The molecule has 0 unspecified atom stereocenters. The molecule has 3 aromatic rings. The van der Waals surface area contributed by atoms with E-state index in [1.54, 1.807) is 0 Å². The first-order valence-electron chi connectivity index (χ1n) is 6.98. The van der Waals surface area contributed by atoms with Gasteiger partial charge in [-0.15, -0.1) is 0 Å². The fraction of sp³-hybridized carbons (Fsp3) is 0.267. The van der Waals surface area contributed by atoms with Crippen molar-refractivity contribution in [2.24, 2.45) is 4.99 Å². The second-order valence-electron chi connectivity index (χ2n) is 4.49. The lowest BCUT2D eigenvalue weighted by Gasteiger charge is -2.03. The Morgan fingerprint density at radius 1 is 1.41 bits per heavy atom. The number of ether oxygens (including phenoxy) is 1. The third-order valence-corrected chi connectivity index (χ3v) is 4.17. The quantitative estimate of drug-likeness (QED) is 0.742. The average Bonchev–Trinajstić information content (AvgIpc) is 3.14. The molecule has 0 bridgehead atoms. The Morgan fingerprint density at radius 3 is 2.95 bits per heavy atom. The number of aromatic nitrogens is 2. The fourth-order valence-electron chi connectivity index (χ4n) is 2.17. The first kappa shape index (κ1) is 14.5. The summed E-state index contributed by atoms with van der Waals surface area (Å²) in [6.07, 6.45) is 1.43. The fourth-order valence-corrected chi connectivity index (χ4v) is 3.29. The zero-order chi connectivity index (χ0) is 15.5. The summed E-state index contributed by atoms with van der Waals surface area (Å²) in [5, 5.41) is 3.53. The number of thiazole rings is 1. The maximum atomic E-state index is 12.1. The Bertz CT molecular complexity index is 862. The molecule has 22 heavy (non-hydrogen) atoms. The smallest absolute Gasteiger partial charge is 0.318 e. The molecule has 0 aliphatic carbocycles. The van der Waals surface area contributed by atoms with Gasteiger partial charge in [0.2, 0.25) is 5.76 Å². The molecule has 1 amide bonds. The van der Waals surface area contributed by atoms with Gasteiger partial charge in [-0.2, -0.15) is 4.99 Å². The molecule has 0 aliphatic heterocycles. The molecule has 2 heterocycles. The van der Waals surface area contributed by atoms with Gasteiger partial charge in [0.05, 0.1) is 23.0 Å². The molecule has 0 atom stereocenters. The van der Waals surface area contributed by atoms with Gasteiger partial charge in [-0.05, 0) is 32.0 Å². The second kappa shape index (κ2) is 6.15. The zero-order valence-electron chi connectivity index (χ0n) is 12.3. The summed E-state index contributed by atoms with van der Waals surface area (Å²) in [4.78, 5) is 16.8. The van der Waals surface area contributed by atoms with Gasteiger partial charge >= 0.3 is 5.91 Å². The minimum Gasteiger partial charge on any atom is -0.494 e. The van der Waals surface area contributed by atoms with Crippen molar-refractivity contribution >= 4 is 27.5 Å².